The van der Waals surface area contributed by atoms with Crippen LogP contribution in [0.5, 0.6) is 5.88 Å². The van der Waals surface area contributed by atoms with Crippen LogP contribution in [0.4, 0.5) is 0 Å². The molecule has 0 aromatic carbocycles. The Labute approximate surface area is 122 Å². The van der Waals surface area contributed by atoms with Gasteiger partial charge in [0.2, 0.25) is 5.88 Å². The van der Waals surface area contributed by atoms with E-state index >= 15 is 0 Å². The van der Waals surface area contributed by atoms with E-state index in [1.165, 1.54) is 36.9 Å². The summed E-state index contributed by atoms with van der Waals surface area (Å²) < 4.78 is 7.87. The van der Waals surface area contributed by atoms with Crippen molar-refractivity contribution in [3.05, 3.63) is 11.3 Å². The Morgan fingerprint density at radius 2 is 1.95 bits per heavy atom. The molecule has 0 atom stereocenters. The van der Waals surface area contributed by atoms with Crippen molar-refractivity contribution >= 4 is 0 Å². The lowest BCUT2D eigenvalue weighted by molar-refractivity contribution is 0.327. The standard InChI is InChI=1S/C16H29N3O/c1-16(2,3)14-13(10-7-11-17)15(20-4)19(18-14)12-8-5-6-9-12/h12H,5-11,17H2,1-4H3. The largest absolute Gasteiger partial charge is 0.481 e. The van der Waals surface area contributed by atoms with E-state index in [0.29, 0.717) is 12.6 Å². The maximum Gasteiger partial charge on any atom is 0.215 e. The van der Waals surface area contributed by atoms with Gasteiger partial charge in [-0.1, -0.05) is 33.6 Å². The first-order valence-corrected chi connectivity index (χ1v) is 7.85. The third kappa shape index (κ3) is 3.00. The molecule has 2 N–H and O–H groups in total. The molecule has 0 aliphatic heterocycles. The average molecular weight is 279 g/mol. The summed E-state index contributed by atoms with van der Waals surface area (Å²) in [5, 5.41) is 4.94. The molecule has 1 saturated carbocycles. The van der Waals surface area contributed by atoms with E-state index < -0.39 is 0 Å². The molecular formula is C16H29N3O. The smallest absolute Gasteiger partial charge is 0.215 e. The quantitative estimate of drug-likeness (QED) is 0.900. The van der Waals surface area contributed by atoms with Crippen LogP contribution in [0.2, 0.25) is 0 Å². The summed E-state index contributed by atoms with van der Waals surface area (Å²) >= 11 is 0. The first kappa shape index (κ1) is 15.4. The highest BCUT2D eigenvalue weighted by Gasteiger charge is 2.30. The normalized spacial score (nSPS) is 16.9. The van der Waals surface area contributed by atoms with Gasteiger partial charge in [0.25, 0.3) is 0 Å². The topological polar surface area (TPSA) is 53.1 Å². The van der Waals surface area contributed by atoms with Crippen LogP contribution in [0.1, 0.15) is 70.2 Å². The minimum Gasteiger partial charge on any atom is -0.481 e. The zero-order valence-electron chi connectivity index (χ0n) is 13.4. The fourth-order valence-electron chi connectivity index (χ4n) is 3.17. The van der Waals surface area contributed by atoms with Crippen LogP contribution >= 0.6 is 0 Å². The third-order valence-electron chi connectivity index (χ3n) is 4.17. The van der Waals surface area contributed by atoms with Crippen LogP contribution < -0.4 is 10.5 Å². The van der Waals surface area contributed by atoms with Crippen molar-refractivity contribution in [2.24, 2.45) is 5.73 Å². The highest BCUT2D eigenvalue weighted by Crippen LogP contribution is 2.38. The van der Waals surface area contributed by atoms with E-state index in [-0.39, 0.29) is 5.41 Å². The SMILES string of the molecule is COc1c(CCCN)c(C(C)(C)C)nn1C1CCCC1. The van der Waals surface area contributed by atoms with E-state index in [9.17, 15) is 0 Å². The van der Waals surface area contributed by atoms with Crippen LogP contribution in [0.25, 0.3) is 0 Å². The Kier molecular flexibility index (Phi) is 4.74. The predicted octanol–water partition coefficient (Wildman–Crippen LogP) is 3.20. The Bertz CT molecular complexity index is 439. The van der Waals surface area contributed by atoms with Crippen molar-refractivity contribution in [2.45, 2.75) is 70.8 Å². The Morgan fingerprint density at radius 3 is 2.45 bits per heavy atom. The monoisotopic (exact) mass is 279 g/mol. The van der Waals surface area contributed by atoms with Crippen molar-refractivity contribution < 1.29 is 4.74 Å². The Balaban J connectivity index is 2.44. The molecule has 0 radical (unpaired) electrons. The summed E-state index contributed by atoms with van der Waals surface area (Å²) in [5.41, 5.74) is 8.17. The first-order valence-electron chi connectivity index (χ1n) is 7.85. The molecule has 4 nitrogen and oxygen atoms in total. The Morgan fingerprint density at radius 1 is 1.30 bits per heavy atom. The molecule has 0 saturated heterocycles. The minimum absolute atomic E-state index is 0.0427. The van der Waals surface area contributed by atoms with Crippen molar-refractivity contribution in [3.63, 3.8) is 0 Å². The second-order valence-corrected chi connectivity index (χ2v) is 6.86. The summed E-state index contributed by atoms with van der Waals surface area (Å²) in [6.45, 7) is 7.38. The molecule has 1 aliphatic carbocycles. The zero-order valence-corrected chi connectivity index (χ0v) is 13.4. The maximum absolute atomic E-state index is 5.72. The van der Waals surface area contributed by atoms with E-state index in [1.54, 1.807) is 7.11 Å². The average Bonchev–Trinajstić information content (AvgIpc) is 3.01. The predicted molar refractivity (Wildman–Crippen MR) is 82.4 cm³/mol. The number of aromatic nitrogens is 2. The van der Waals surface area contributed by atoms with Gasteiger partial charge in [-0.15, -0.1) is 0 Å². The van der Waals surface area contributed by atoms with E-state index in [2.05, 4.69) is 25.5 Å². The molecule has 0 spiro atoms. The molecule has 1 aromatic rings. The fourth-order valence-corrected chi connectivity index (χ4v) is 3.17. The lowest BCUT2D eigenvalue weighted by atomic mass is 9.88. The van der Waals surface area contributed by atoms with Gasteiger partial charge in [0.1, 0.15) is 0 Å². The molecule has 1 heterocycles. The molecule has 1 aromatic heterocycles. The summed E-state index contributed by atoms with van der Waals surface area (Å²) in [6.07, 6.45) is 6.98. The molecule has 1 fully saturated rings. The van der Waals surface area contributed by atoms with Gasteiger partial charge in [0.15, 0.2) is 0 Å². The van der Waals surface area contributed by atoms with E-state index in [0.717, 1.165) is 18.7 Å². The van der Waals surface area contributed by atoms with Crippen molar-refractivity contribution in [1.82, 2.24) is 9.78 Å². The summed E-state index contributed by atoms with van der Waals surface area (Å²) in [4.78, 5) is 0. The van der Waals surface area contributed by atoms with Gasteiger partial charge in [-0.05, 0) is 32.2 Å². The lowest BCUT2D eigenvalue weighted by Gasteiger charge is -2.17. The number of ether oxygens (including phenoxy) is 1. The van der Waals surface area contributed by atoms with E-state index in [4.69, 9.17) is 15.6 Å². The summed E-state index contributed by atoms with van der Waals surface area (Å²) in [7, 11) is 1.76. The van der Waals surface area contributed by atoms with Crippen LogP contribution in [0, 0.1) is 0 Å². The van der Waals surface area contributed by atoms with Crippen molar-refractivity contribution in [1.29, 1.82) is 0 Å². The lowest BCUT2D eigenvalue weighted by Crippen LogP contribution is -2.16. The van der Waals surface area contributed by atoms with Gasteiger partial charge in [0.05, 0.1) is 18.8 Å². The second-order valence-electron chi connectivity index (χ2n) is 6.86. The highest BCUT2D eigenvalue weighted by atomic mass is 16.5. The Hall–Kier alpha value is -1.03. The molecule has 0 unspecified atom stereocenters. The minimum atomic E-state index is 0.0427. The van der Waals surface area contributed by atoms with Gasteiger partial charge >= 0.3 is 0 Å². The van der Waals surface area contributed by atoms with Crippen molar-refractivity contribution in [2.75, 3.05) is 13.7 Å². The zero-order chi connectivity index (χ0) is 14.8. The number of nitrogens with two attached hydrogens (primary N) is 1. The molecule has 114 valence electrons. The van der Waals surface area contributed by atoms with Crippen LogP contribution in [-0.4, -0.2) is 23.4 Å². The van der Waals surface area contributed by atoms with E-state index in [1.807, 2.05) is 0 Å². The van der Waals surface area contributed by atoms with Gasteiger partial charge in [-0.2, -0.15) is 5.10 Å². The molecule has 0 amide bonds. The van der Waals surface area contributed by atoms with Gasteiger partial charge in [-0.25, -0.2) is 4.68 Å². The van der Waals surface area contributed by atoms with Crippen LogP contribution in [0.3, 0.4) is 0 Å². The van der Waals surface area contributed by atoms with Gasteiger partial charge in [0, 0.05) is 11.0 Å². The number of rotatable bonds is 5. The number of nitrogens with zero attached hydrogens (tertiary/aromatic N) is 2. The summed E-state index contributed by atoms with van der Waals surface area (Å²) in [5.74, 6) is 0.968. The molecule has 4 heteroatoms. The number of hydrogen-bond acceptors (Lipinski definition) is 3. The summed E-state index contributed by atoms with van der Waals surface area (Å²) in [6, 6.07) is 0.512. The maximum atomic E-state index is 5.72. The molecule has 0 bridgehead atoms. The first-order chi connectivity index (χ1) is 9.49. The second kappa shape index (κ2) is 6.17. The van der Waals surface area contributed by atoms with Crippen LogP contribution in [-0.2, 0) is 11.8 Å². The van der Waals surface area contributed by atoms with Crippen LogP contribution in [0.15, 0.2) is 0 Å². The molecular weight excluding hydrogens is 250 g/mol. The molecule has 2 rings (SSSR count). The third-order valence-corrected chi connectivity index (χ3v) is 4.17. The molecule has 20 heavy (non-hydrogen) atoms. The fraction of sp³-hybridized carbons (Fsp3) is 0.812. The van der Waals surface area contributed by atoms with Gasteiger partial charge < -0.3 is 10.5 Å². The van der Waals surface area contributed by atoms with Gasteiger partial charge in [-0.3, -0.25) is 0 Å². The number of hydrogen-bond donors (Lipinski definition) is 1. The highest BCUT2D eigenvalue weighted by molar-refractivity contribution is 5.36. The number of methoxy groups -OCH3 is 1. The van der Waals surface area contributed by atoms with Crippen molar-refractivity contribution in [3.8, 4) is 5.88 Å². The molecule has 1 aliphatic rings.